The number of nitrogens with two attached hydrogens (primary N) is 1. The molecule has 4 heteroatoms. The number of hydrogen-bond donors (Lipinski definition) is 2. The zero-order valence-corrected chi connectivity index (χ0v) is 7.13. The highest BCUT2D eigenvalue weighted by Crippen LogP contribution is 2.27. The maximum absolute atomic E-state index is 5.25. The topological polar surface area (TPSA) is 56.5 Å². The lowest BCUT2D eigenvalue weighted by Crippen LogP contribution is -2.07. The molecule has 0 aliphatic carbocycles. The summed E-state index contributed by atoms with van der Waals surface area (Å²) < 4.78 is 10.1. The molecule has 0 bridgehead atoms. The van der Waals surface area contributed by atoms with Crippen molar-refractivity contribution in [1.82, 2.24) is 0 Å². The Bertz CT molecular complexity index is 263. The van der Waals surface area contributed by atoms with E-state index in [4.69, 9.17) is 15.3 Å². The van der Waals surface area contributed by atoms with Gasteiger partial charge in [0, 0.05) is 6.07 Å². The van der Waals surface area contributed by atoms with Crippen molar-refractivity contribution in [2.24, 2.45) is 5.84 Å². The van der Waals surface area contributed by atoms with E-state index in [1.165, 1.54) is 0 Å². The van der Waals surface area contributed by atoms with Crippen LogP contribution in [0.25, 0.3) is 0 Å². The number of methoxy groups -OCH3 is 2. The summed E-state index contributed by atoms with van der Waals surface area (Å²) in [6, 6.07) is 5.35. The Balaban J connectivity index is 3.02. The summed E-state index contributed by atoms with van der Waals surface area (Å²) in [6.45, 7) is 0. The van der Waals surface area contributed by atoms with Gasteiger partial charge in [0.2, 0.25) is 0 Å². The molecule has 0 heterocycles. The van der Waals surface area contributed by atoms with E-state index in [9.17, 15) is 0 Å². The predicted molar refractivity (Wildman–Crippen MR) is 47.4 cm³/mol. The van der Waals surface area contributed by atoms with Crippen LogP contribution < -0.4 is 20.7 Å². The Morgan fingerprint density at radius 2 is 2.00 bits per heavy atom. The summed E-state index contributed by atoms with van der Waals surface area (Å²) >= 11 is 0. The molecule has 1 aromatic carbocycles. The molecule has 0 amide bonds. The summed E-state index contributed by atoms with van der Waals surface area (Å²) in [5, 5.41) is 0. The zero-order chi connectivity index (χ0) is 8.97. The summed E-state index contributed by atoms with van der Waals surface area (Å²) in [5.74, 6) is 6.65. The van der Waals surface area contributed by atoms with Crippen molar-refractivity contribution in [3.8, 4) is 11.5 Å². The van der Waals surface area contributed by atoms with Crippen molar-refractivity contribution in [3.05, 3.63) is 18.2 Å². The third-order valence-corrected chi connectivity index (χ3v) is 1.56. The van der Waals surface area contributed by atoms with Gasteiger partial charge in [-0.3, -0.25) is 5.84 Å². The summed E-state index contributed by atoms with van der Waals surface area (Å²) in [4.78, 5) is 0. The molecule has 0 unspecified atom stereocenters. The van der Waals surface area contributed by atoms with E-state index < -0.39 is 0 Å². The molecule has 0 saturated carbocycles. The maximum Gasteiger partial charge on any atom is 0.146 e. The zero-order valence-electron chi connectivity index (χ0n) is 7.13. The minimum Gasteiger partial charge on any atom is -0.497 e. The molecule has 0 fully saturated rings. The standard InChI is InChI=1S/C8H12N2O2/c1-11-6-3-4-7(10-9)8(5-6)12-2/h3-5,10H,9H2,1-2H3. The van der Waals surface area contributed by atoms with Crippen LogP contribution in [0.1, 0.15) is 0 Å². The van der Waals surface area contributed by atoms with E-state index in [2.05, 4.69) is 5.43 Å². The van der Waals surface area contributed by atoms with E-state index in [0.29, 0.717) is 5.75 Å². The van der Waals surface area contributed by atoms with Crippen molar-refractivity contribution in [3.63, 3.8) is 0 Å². The first-order chi connectivity index (χ1) is 5.81. The van der Waals surface area contributed by atoms with E-state index in [1.807, 2.05) is 0 Å². The number of ether oxygens (including phenoxy) is 2. The van der Waals surface area contributed by atoms with Gasteiger partial charge in [0.05, 0.1) is 19.9 Å². The van der Waals surface area contributed by atoms with Crippen LogP contribution >= 0.6 is 0 Å². The predicted octanol–water partition coefficient (Wildman–Crippen LogP) is 0.989. The van der Waals surface area contributed by atoms with Gasteiger partial charge in [0.15, 0.2) is 0 Å². The fourth-order valence-corrected chi connectivity index (χ4v) is 0.918. The SMILES string of the molecule is COc1ccc(NN)c(OC)c1. The molecule has 0 aliphatic rings. The highest BCUT2D eigenvalue weighted by atomic mass is 16.5. The van der Waals surface area contributed by atoms with Crippen molar-refractivity contribution in [1.29, 1.82) is 0 Å². The average molecular weight is 168 g/mol. The lowest BCUT2D eigenvalue weighted by atomic mass is 10.3. The summed E-state index contributed by atoms with van der Waals surface area (Å²) in [5.41, 5.74) is 3.25. The Kier molecular flexibility index (Phi) is 2.76. The number of hydrazine groups is 1. The van der Waals surface area contributed by atoms with Gasteiger partial charge in [-0.1, -0.05) is 0 Å². The van der Waals surface area contributed by atoms with Gasteiger partial charge in [-0.15, -0.1) is 0 Å². The quantitative estimate of drug-likeness (QED) is 0.522. The summed E-state index contributed by atoms with van der Waals surface area (Å²) in [7, 11) is 3.18. The van der Waals surface area contributed by atoms with E-state index in [1.54, 1.807) is 32.4 Å². The van der Waals surface area contributed by atoms with Crippen LogP contribution in [-0.4, -0.2) is 14.2 Å². The molecule has 66 valence electrons. The maximum atomic E-state index is 5.25. The van der Waals surface area contributed by atoms with Crippen LogP contribution in [0, 0.1) is 0 Å². The molecule has 0 saturated heterocycles. The average Bonchev–Trinajstić information content (AvgIpc) is 2.16. The third-order valence-electron chi connectivity index (χ3n) is 1.56. The summed E-state index contributed by atoms with van der Waals surface area (Å²) in [6.07, 6.45) is 0. The van der Waals surface area contributed by atoms with Crippen molar-refractivity contribution in [2.45, 2.75) is 0 Å². The van der Waals surface area contributed by atoms with E-state index in [0.717, 1.165) is 11.4 Å². The number of nitrogen functional groups attached to an aromatic ring is 1. The van der Waals surface area contributed by atoms with Gasteiger partial charge in [0.1, 0.15) is 11.5 Å². The van der Waals surface area contributed by atoms with E-state index in [-0.39, 0.29) is 0 Å². The lowest BCUT2D eigenvalue weighted by Gasteiger charge is -2.08. The molecule has 3 N–H and O–H groups in total. The van der Waals surface area contributed by atoms with Crippen LogP contribution in [0.4, 0.5) is 5.69 Å². The molecule has 12 heavy (non-hydrogen) atoms. The minimum absolute atomic E-state index is 0.664. The fraction of sp³-hybridized carbons (Fsp3) is 0.250. The lowest BCUT2D eigenvalue weighted by molar-refractivity contribution is 0.395. The van der Waals surface area contributed by atoms with Crippen LogP contribution in [0.2, 0.25) is 0 Å². The van der Waals surface area contributed by atoms with Crippen LogP contribution in [0.15, 0.2) is 18.2 Å². The second-order valence-electron chi connectivity index (χ2n) is 2.21. The molecule has 0 atom stereocenters. The van der Waals surface area contributed by atoms with Gasteiger partial charge in [-0.2, -0.15) is 0 Å². The molecule has 0 aromatic heterocycles. The number of rotatable bonds is 3. The Morgan fingerprint density at radius 1 is 1.25 bits per heavy atom. The van der Waals surface area contributed by atoms with Crippen LogP contribution in [-0.2, 0) is 0 Å². The third kappa shape index (κ3) is 1.60. The number of nitrogens with one attached hydrogen (secondary N) is 1. The molecular formula is C8H12N2O2. The monoisotopic (exact) mass is 168 g/mol. The first kappa shape index (κ1) is 8.67. The number of anilines is 1. The molecular weight excluding hydrogens is 156 g/mol. The van der Waals surface area contributed by atoms with Crippen molar-refractivity contribution in [2.75, 3.05) is 19.6 Å². The van der Waals surface area contributed by atoms with Crippen LogP contribution in [0.3, 0.4) is 0 Å². The molecule has 0 radical (unpaired) electrons. The van der Waals surface area contributed by atoms with Crippen LogP contribution in [0.5, 0.6) is 11.5 Å². The highest BCUT2D eigenvalue weighted by Gasteiger charge is 2.01. The fourth-order valence-electron chi connectivity index (χ4n) is 0.918. The second-order valence-corrected chi connectivity index (χ2v) is 2.21. The largest absolute Gasteiger partial charge is 0.497 e. The first-order valence-corrected chi connectivity index (χ1v) is 3.50. The Morgan fingerprint density at radius 3 is 2.50 bits per heavy atom. The van der Waals surface area contributed by atoms with Crippen molar-refractivity contribution >= 4 is 5.69 Å². The van der Waals surface area contributed by atoms with Gasteiger partial charge >= 0.3 is 0 Å². The first-order valence-electron chi connectivity index (χ1n) is 3.50. The van der Waals surface area contributed by atoms with E-state index >= 15 is 0 Å². The Hall–Kier alpha value is -1.42. The van der Waals surface area contributed by atoms with Gasteiger partial charge < -0.3 is 14.9 Å². The Labute approximate surface area is 71.2 Å². The molecule has 0 spiro atoms. The van der Waals surface area contributed by atoms with Gasteiger partial charge in [-0.25, -0.2) is 0 Å². The van der Waals surface area contributed by atoms with Crippen molar-refractivity contribution < 1.29 is 9.47 Å². The number of hydrogen-bond acceptors (Lipinski definition) is 4. The van der Waals surface area contributed by atoms with Gasteiger partial charge in [0.25, 0.3) is 0 Å². The minimum atomic E-state index is 0.664. The van der Waals surface area contributed by atoms with Gasteiger partial charge in [-0.05, 0) is 12.1 Å². The molecule has 0 aliphatic heterocycles. The smallest absolute Gasteiger partial charge is 0.146 e. The molecule has 1 aromatic rings. The second kappa shape index (κ2) is 3.82. The highest BCUT2D eigenvalue weighted by molar-refractivity contribution is 5.58. The molecule has 1 rings (SSSR count). The number of benzene rings is 1. The molecule has 4 nitrogen and oxygen atoms in total. The normalized spacial score (nSPS) is 9.25.